The molecule has 2 aromatic carbocycles. The highest BCUT2D eigenvalue weighted by Crippen LogP contribution is 2.34. The molecule has 0 radical (unpaired) electrons. The normalized spacial score (nSPS) is 14.8. The average molecular weight is 508 g/mol. The van der Waals surface area contributed by atoms with Gasteiger partial charge in [-0.25, -0.2) is 4.98 Å². The summed E-state index contributed by atoms with van der Waals surface area (Å²) in [4.78, 5) is 33.0. The molecular weight excluding hydrogens is 486 g/mol. The SMILES string of the molecule is Cn1c(=O)c([N+](=O)[O-])c(N2CCN(Cc3cccc4ccccc34)CC2)c2nc(Br)ccc21. The lowest BCUT2D eigenvalue weighted by Gasteiger charge is -2.36. The Balaban J connectivity index is 1.46. The first kappa shape index (κ1) is 21.5. The highest BCUT2D eigenvalue weighted by Gasteiger charge is 2.31. The lowest BCUT2D eigenvalue weighted by Crippen LogP contribution is -2.46. The first-order valence-corrected chi connectivity index (χ1v) is 11.5. The van der Waals surface area contributed by atoms with Crippen LogP contribution < -0.4 is 10.5 Å². The van der Waals surface area contributed by atoms with Crippen molar-refractivity contribution in [3.63, 3.8) is 0 Å². The maximum absolute atomic E-state index is 12.8. The molecule has 0 aliphatic carbocycles. The molecule has 0 spiro atoms. The lowest BCUT2D eigenvalue weighted by molar-refractivity contribution is -0.385. The molecule has 0 atom stereocenters. The van der Waals surface area contributed by atoms with Crippen molar-refractivity contribution in [3.8, 4) is 0 Å². The summed E-state index contributed by atoms with van der Waals surface area (Å²) in [6, 6.07) is 18.2. The van der Waals surface area contributed by atoms with Gasteiger partial charge in [0.05, 0.1) is 10.4 Å². The number of piperazine rings is 1. The topological polar surface area (TPSA) is 84.5 Å². The molecule has 8 nitrogen and oxygen atoms in total. The second-order valence-corrected chi connectivity index (χ2v) is 9.03. The van der Waals surface area contributed by atoms with Crippen LogP contribution in [0, 0.1) is 10.1 Å². The van der Waals surface area contributed by atoms with Crippen molar-refractivity contribution in [3.05, 3.63) is 85.2 Å². The van der Waals surface area contributed by atoms with E-state index in [1.54, 1.807) is 19.2 Å². The van der Waals surface area contributed by atoms with Crippen molar-refractivity contribution >= 4 is 49.1 Å². The monoisotopic (exact) mass is 507 g/mol. The first-order chi connectivity index (χ1) is 15.9. The Morgan fingerprint density at radius 3 is 2.52 bits per heavy atom. The number of anilines is 1. The molecule has 2 aromatic heterocycles. The number of benzene rings is 2. The fourth-order valence-electron chi connectivity index (χ4n) is 4.62. The van der Waals surface area contributed by atoms with E-state index in [0.29, 0.717) is 34.4 Å². The Hall–Kier alpha value is -3.30. The van der Waals surface area contributed by atoms with Crippen molar-refractivity contribution in [2.24, 2.45) is 7.05 Å². The summed E-state index contributed by atoms with van der Waals surface area (Å²) in [6.07, 6.45) is 0. The molecule has 168 valence electrons. The molecule has 1 saturated heterocycles. The summed E-state index contributed by atoms with van der Waals surface area (Å²) in [7, 11) is 1.54. The fourth-order valence-corrected chi connectivity index (χ4v) is 4.93. The van der Waals surface area contributed by atoms with E-state index in [-0.39, 0.29) is 0 Å². The number of fused-ring (bicyclic) bond motifs is 2. The Morgan fingerprint density at radius 1 is 1.03 bits per heavy atom. The van der Waals surface area contributed by atoms with Crippen LogP contribution in [0.5, 0.6) is 0 Å². The highest BCUT2D eigenvalue weighted by atomic mass is 79.9. The van der Waals surface area contributed by atoms with Crippen molar-refractivity contribution in [1.82, 2.24) is 14.5 Å². The lowest BCUT2D eigenvalue weighted by atomic mass is 10.0. The van der Waals surface area contributed by atoms with E-state index in [1.165, 1.54) is 20.9 Å². The number of aryl methyl sites for hydroxylation is 1. The minimum atomic E-state index is -0.621. The van der Waals surface area contributed by atoms with Gasteiger partial charge in [-0.15, -0.1) is 0 Å². The number of hydrogen-bond donors (Lipinski definition) is 0. The van der Waals surface area contributed by atoms with Crippen LogP contribution in [0.15, 0.2) is 64.0 Å². The summed E-state index contributed by atoms with van der Waals surface area (Å²) < 4.78 is 1.87. The van der Waals surface area contributed by atoms with Gasteiger partial charge in [0, 0.05) is 39.8 Å². The van der Waals surface area contributed by atoms with E-state index >= 15 is 0 Å². The number of hydrogen-bond acceptors (Lipinski definition) is 6. The summed E-state index contributed by atoms with van der Waals surface area (Å²) >= 11 is 3.37. The molecule has 1 fully saturated rings. The van der Waals surface area contributed by atoms with Gasteiger partial charge in [-0.2, -0.15) is 0 Å². The first-order valence-electron chi connectivity index (χ1n) is 10.7. The summed E-state index contributed by atoms with van der Waals surface area (Å²) in [5.74, 6) is 0. The van der Waals surface area contributed by atoms with Crippen LogP contribution in [0.25, 0.3) is 21.8 Å². The van der Waals surface area contributed by atoms with Crippen molar-refractivity contribution in [2.75, 3.05) is 31.1 Å². The van der Waals surface area contributed by atoms with Crippen molar-refractivity contribution in [1.29, 1.82) is 0 Å². The number of nitrogens with zero attached hydrogens (tertiary/aromatic N) is 5. The number of aromatic nitrogens is 2. The fraction of sp³-hybridized carbons (Fsp3) is 0.250. The predicted molar refractivity (Wildman–Crippen MR) is 133 cm³/mol. The van der Waals surface area contributed by atoms with Crippen LogP contribution in [0.2, 0.25) is 0 Å². The zero-order chi connectivity index (χ0) is 23.1. The maximum Gasteiger partial charge on any atom is 0.359 e. The minimum Gasteiger partial charge on any atom is -0.361 e. The van der Waals surface area contributed by atoms with Gasteiger partial charge in [0.15, 0.2) is 5.69 Å². The van der Waals surface area contributed by atoms with E-state index in [2.05, 4.69) is 62.2 Å². The maximum atomic E-state index is 12.8. The van der Waals surface area contributed by atoms with E-state index in [4.69, 9.17) is 0 Å². The Kier molecular flexibility index (Phi) is 5.59. The van der Waals surface area contributed by atoms with Crippen LogP contribution in [-0.2, 0) is 13.6 Å². The summed E-state index contributed by atoms with van der Waals surface area (Å²) in [5, 5.41) is 14.4. The third-order valence-corrected chi connectivity index (χ3v) is 6.74. The molecule has 0 N–H and O–H groups in total. The molecule has 5 rings (SSSR count). The molecule has 0 bridgehead atoms. The average Bonchev–Trinajstić information content (AvgIpc) is 2.82. The number of halogens is 1. The van der Waals surface area contributed by atoms with E-state index in [1.807, 2.05) is 11.0 Å². The van der Waals surface area contributed by atoms with Gasteiger partial charge in [-0.1, -0.05) is 42.5 Å². The van der Waals surface area contributed by atoms with E-state index in [0.717, 1.165) is 19.6 Å². The number of nitro groups is 1. The van der Waals surface area contributed by atoms with Gasteiger partial charge in [0.1, 0.15) is 10.1 Å². The van der Waals surface area contributed by atoms with Gasteiger partial charge in [-0.05, 0) is 44.4 Å². The van der Waals surface area contributed by atoms with E-state index in [9.17, 15) is 14.9 Å². The third kappa shape index (κ3) is 3.87. The second kappa shape index (κ2) is 8.57. The van der Waals surface area contributed by atoms with Crippen molar-refractivity contribution in [2.45, 2.75) is 6.54 Å². The van der Waals surface area contributed by atoms with Gasteiger partial charge < -0.3 is 9.47 Å². The molecule has 0 saturated carbocycles. The summed E-state index contributed by atoms with van der Waals surface area (Å²) in [5.41, 5.74) is 1.56. The zero-order valence-electron chi connectivity index (χ0n) is 18.1. The summed E-state index contributed by atoms with van der Waals surface area (Å²) in [6.45, 7) is 3.40. The molecular formula is C24H22BrN5O3. The zero-order valence-corrected chi connectivity index (χ0v) is 19.7. The molecule has 4 aromatic rings. The molecule has 1 aliphatic rings. The molecule has 3 heterocycles. The van der Waals surface area contributed by atoms with Crippen LogP contribution >= 0.6 is 15.9 Å². The van der Waals surface area contributed by atoms with Crippen LogP contribution in [0.3, 0.4) is 0 Å². The highest BCUT2D eigenvalue weighted by molar-refractivity contribution is 9.10. The van der Waals surface area contributed by atoms with Crippen LogP contribution in [0.1, 0.15) is 5.56 Å². The second-order valence-electron chi connectivity index (χ2n) is 8.22. The van der Waals surface area contributed by atoms with Crippen LogP contribution in [-0.4, -0.2) is 45.6 Å². The Bertz CT molecular complexity index is 1440. The molecule has 33 heavy (non-hydrogen) atoms. The van der Waals surface area contributed by atoms with Crippen molar-refractivity contribution < 1.29 is 4.92 Å². The van der Waals surface area contributed by atoms with Gasteiger partial charge in [0.25, 0.3) is 0 Å². The largest absolute Gasteiger partial charge is 0.361 e. The third-order valence-electron chi connectivity index (χ3n) is 6.30. The quantitative estimate of drug-likeness (QED) is 0.235. The van der Waals surface area contributed by atoms with Crippen LogP contribution in [0.4, 0.5) is 11.4 Å². The molecule has 1 aliphatic heterocycles. The smallest absolute Gasteiger partial charge is 0.359 e. The van der Waals surface area contributed by atoms with Gasteiger partial charge in [-0.3, -0.25) is 19.8 Å². The van der Waals surface area contributed by atoms with Gasteiger partial charge in [0.2, 0.25) is 0 Å². The number of pyridine rings is 2. The minimum absolute atomic E-state index is 0.309. The Labute approximate surface area is 198 Å². The number of rotatable bonds is 4. The van der Waals surface area contributed by atoms with E-state index < -0.39 is 16.2 Å². The molecule has 0 amide bonds. The standard InChI is InChI=1S/C24H22BrN5O3/c1-27-19-9-10-20(25)26-21(19)22(23(24(27)31)30(32)33)29-13-11-28(12-14-29)15-17-7-4-6-16-5-2-3-8-18(16)17/h2-10H,11-15H2,1H3. The van der Waals surface area contributed by atoms with Gasteiger partial charge >= 0.3 is 11.2 Å². The molecule has 9 heteroatoms. The predicted octanol–water partition coefficient (Wildman–Crippen LogP) is 4.08. The molecule has 0 unspecified atom stereocenters. The Morgan fingerprint density at radius 2 is 1.76 bits per heavy atom.